The number of nitrogens with zero attached hydrogens (tertiary/aromatic N) is 4. The molecule has 0 atom stereocenters. The molecule has 2 heterocycles. The van der Waals surface area contributed by atoms with E-state index in [1.807, 2.05) is 21.5 Å². The van der Waals surface area contributed by atoms with E-state index < -0.39 is 0 Å². The summed E-state index contributed by atoms with van der Waals surface area (Å²) < 4.78 is 4.10. The van der Waals surface area contributed by atoms with Gasteiger partial charge in [0.05, 0.1) is 0 Å². The highest BCUT2D eigenvalue weighted by molar-refractivity contribution is 6.04. The number of carbonyl (C=O) groups is 1. The smallest absolute Gasteiger partial charge is 0.178 e. The van der Waals surface area contributed by atoms with E-state index in [1.54, 1.807) is 36.7 Å². The van der Waals surface area contributed by atoms with Crippen molar-refractivity contribution in [1.82, 2.24) is 19.1 Å². The summed E-state index contributed by atoms with van der Waals surface area (Å²) >= 11 is 0. The van der Waals surface area contributed by atoms with Gasteiger partial charge in [0.2, 0.25) is 0 Å². The van der Waals surface area contributed by atoms with Gasteiger partial charge in [-0.2, -0.15) is 0 Å². The molecule has 0 aliphatic heterocycles. The third-order valence-electron chi connectivity index (χ3n) is 3.41. The zero-order chi connectivity index (χ0) is 17.5. The van der Waals surface area contributed by atoms with Gasteiger partial charge in [0.1, 0.15) is 11.6 Å². The van der Waals surface area contributed by atoms with Crippen LogP contribution < -0.4 is 0 Å². The molecule has 0 aliphatic carbocycles. The van der Waals surface area contributed by atoms with Gasteiger partial charge in [-0.15, -0.1) is 0 Å². The van der Waals surface area contributed by atoms with Crippen molar-refractivity contribution in [2.24, 2.45) is 11.8 Å². The Bertz CT molecular complexity index is 659. The van der Waals surface area contributed by atoms with Crippen LogP contribution in [0.5, 0.6) is 0 Å². The number of aromatic nitrogens is 4. The van der Waals surface area contributed by atoms with Gasteiger partial charge in [-0.3, -0.25) is 4.79 Å². The van der Waals surface area contributed by atoms with Gasteiger partial charge < -0.3 is 9.13 Å². The second kappa shape index (κ2) is 8.43. The standard InChI is InChI=1S/C19H26N4O/c1-15(2)13-22-11-9-20-18(22)7-5-17(24)6-8-19-21-10-12-23(19)14-16(3)4/h5-12,15-16H,13-14H2,1-4H3/b7-5+,8-6+. The molecule has 0 amide bonds. The fraction of sp³-hybridized carbons (Fsp3) is 0.421. The molecule has 2 aromatic rings. The van der Waals surface area contributed by atoms with E-state index in [0.717, 1.165) is 24.7 Å². The van der Waals surface area contributed by atoms with Crippen molar-refractivity contribution in [2.75, 3.05) is 0 Å². The summed E-state index contributed by atoms with van der Waals surface area (Å²) in [7, 11) is 0. The molecule has 0 fully saturated rings. The van der Waals surface area contributed by atoms with E-state index in [-0.39, 0.29) is 5.78 Å². The summed E-state index contributed by atoms with van der Waals surface area (Å²) in [6.45, 7) is 10.4. The second-order valence-corrected chi connectivity index (χ2v) is 6.73. The van der Waals surface area contributed by atoms with Crippen molar-refractivity contribution in [3.8, 4) is 0 Å². The molecule has 24 heavy (non-hydrogen) atoms. The Kier molecular flexibility index (Phi) is 6.29. The molecule has 0 bridgehead atoms. The fourth-order valence-corrected chi connectivity index (χ4v) is 2.42. The average Bonchev–Trinajstić information content (AvgIpc) is 3.11. The Morgan fingerprint density at radius 1 is 0.917 bits per heavy atom. The summed E-state index contributed by atoms with van der Waals surface area (Å²) in [4.78, 5) is 20.6. The molecule has 0 N–H and O–H groups in total. The molecule has 0 saturated carbocycles. The maximum Gasteiger partial charge on any atom is 0.178 e. The van der Waals surface area contributed by atoms with Crippen molar-refractivity contribution >= 4 is 17.9 Å². The third kappa shape index (κ3) is 5.33. The lowest BCUT2D eigenvalue weighted by Gasteiger charge is -2.07. The normalized spacial score (nSPS) is 12.2. The monoisotopic (exact) mass is 326 g/mol. The van der Waals surface area contributed by atoms with Crippen LogP contribution in [-0.4, -0.2) is 24.9 Å². The van der Waals surface area contributed by atoms with Crippen molar-refractivity contribution in [2.45, 2.75) is 40.8 Å². The van der Waals surface area contributed by atoms with Gasteiger partial charge in [-0.05, 0) is 36.1 Å². The first-order chi connectivity index (χ1) is 11.5. The highest BCUT2D eigenvalue weighted by Gasteiger charge is 2.03. The number of ketones is 1. The van der Waals surface area contributed by atoms with E-state index >= 15 is 0 Å². The molecule has 5 nitrogen and oxygen atoms in total. The maximum absolute atomic E-state index is 12.1. The van der Waals surface area contributed by atoms with Crippen molar-refractivity contribution < 1.29 is 4.79 Å². The van der Waals surface area contributed by atoms with Crippen molar-refractivity contribution in [3.05, 3.63) is 48.6 Å². The fourth-order valence-electron chi connectivity index (χ4n) is 2.42. The Morgan fingerprint density at radius 2 is 1.33 bits per heavy atom. The molecule has 5 heteroatoms. The second-order valence-electron chi connectivity index (χ2n) is 6.73. The largest absolute Gasteiger partial charge is 0.331 e. The predicted molar refractivity (Wildman–Crippen MR) is 97.2 cm³/mol. The number of carbonyl (C=O) groups excluding carboxylic acids is 1. The molecule has 2 rings (SSSR count). The SMILES string of the molecule is CC(C)Cn1ccnc1/C=C/C(=O)/C=C/c1nccn1CC(C)C. The molecule has 0 aromatic carbocycles. The summed E-state index contributed by atoms with van der Waals surface area (Å²) in [6.07, 6.45) is 14.0. The van der Waals surface area contributed by atoms with Crippen LogP contribution in [0, 0.1) is 11.8 Å². The maximum atomic E-state index is 12.1. The molecule has 0 spiro atoms. The molecular weight excluding hydrogens is 300 g/mol. The lowest BCUT2D eigenvalue weighted by Crippen LogP contribution is -2.05. The van der Waals surface area contributed by atoms with Crippen LogP contribution >= 0.6 is 0 Å². The van der Waals surface area contributed by atoms with Crippen molar-refractivity contribution in [3.63, 3.8) is 0 Å². The summed E-state index contributed by atoms with van der Waals surface area (Å²) in [6, 6.07) is 0. The highest BCUT2D eigenvalue weighted by atomic mass is 16.1. The van der Waals surface area contributed by atoms with Gasteiger partial charge in [0.25, 0.3) is 0 Å². The highest BCUT2D eigenvalue weighted by Crippen LogP contribution is 2.07. The van der Waals surface area contributed by atoms with Crippen molar-refractivity contribution in [1.29, 1.82) is 0 Å². The summed E-state index contributed by atoms with van der Waals surface area (Å²) in [5.74, 6) is 2.58. The molecule has 2 aromatic heterocycles. The lowest BCUT2D eigenvalue weighted by atomic mass is 10.2. The Morgan fingerprint density at radius 3 is 1.71 bits per heavy atom. The van der Waals surface area contributed by atoms with Crippen LogP contribution in [0.2, 0.25) is 0 Å². The van der Waals surface area contributed by atoms with Crippen LogP contribution in [0.25, 0.3) is 12.2 Å². The summed E-state index contributed by atoms with van der Waals surface area (Å²) in [5.41, 5.74) is 0. The lowest BCUT2D eigenvalue weighted by molar-refractivity contribution is -0.110. The van der Waals surface area contributed by atoms with Gasteiger partial charge in [-0.1, -0.05) is 27.7 Å². The van der Waals surface area contributed by atoms with Crippen LogP contribution in [0.15, 0.2) is 36.9 Å². The van der Waals surface area contributed by atoms with Gasteiger partial charge >= 0.3 is 0 Å². The molecule has 0 unspecified atom stereocenters. The molecule has 128 valence electrons. The Hall–Kier alpha value is -2.43. The Balaban J connectivity index is 2.01. The van der Waals surface area contributed by atoms with Crippen LogP contribution in [0.3, 0.4) is 0 Å². The third-order valence-corrected chi connectivity index (χ3v) is 3.41. The topological polar surface area (TPSA) is 52.7 Å². The number of imidazole rings is 2. The minimum atomic E-state index is -0.0757. The zero-order valence-corrected chi connectivity index (χ0v) is 14.9. The first-order valence-corrected chi connectivity index (χ1v) is 8.38. The van der Waals surface area contributed by atoms with Crippen LogP contribution in [0.4, 0.5) is 0 Å². The van der Waals surface area contributed by atoms with E-state index in [1.165, 1.54) is 0 Å². The van der Waals surface area contributed by atoms with Gasteiger partial charge in [-0.25, -0.2) is 9.97 Å². The van der Waals surface area contributed by atoms with Crippen LogP contribution in [-0.2, 0) is 17.9 Å². The van der Waals surface area contributed by atoms with Crippen LogP contribution in [0.1, 0.15) is 39.3 Å². The number of hydrogen-bond acceptors (Lipinski definition) is 3. The zero-order valence-electron chi connectivity index (χ0n) is 14.9. The summed E-state index contributed by atoms with van der Waals surface area (Å²) in [5, 5.41) is 0. The van der Waals surface area contributed by atoms with E-state index in [9.17, 15) is 4.79 Å². The van der Waals surface area contributed by atoms with Gasteiger partial charge in [0, 0.05) is 37.9 Å². The first-order valence-electron chi connectivity index (χ1n) is 8.38. The van der Waals surface area contributed by atoms with E-state index in [4.69, 9.17) is 0 Å². The number of allylic oxidation sites excluding steroid dienone is 2. The molecule has 0 saturated heterocycles. The molecular formula is C19H26N4O. The first kappa shape index (κ1) is 17.9. The minimum Gasteiger partial charge on any atom is -0.331 e. The Labute approximate surface area is 143 Å². The number of hydrogen-bond donors (Lipinski definition) is 0. The average molecular weight is 326 g/mol. The number of rotatable bonds is 8. The molecule has 0 aliphatic rings. The van der Waals surface area contributed by atoms with Gasteiger partial charge in [0.15, 0.2) is 5.78 Å². The quantitative estimate of drug-likeness (QED) is 0.695. The molecule has 0 radical (unpaired) electrons. The van der Waals surface area contributed by atoms with E-state index in [0.29, 0.717) is 11.8 Å². The van der Waals surface area contributed by atoms with E-state index in [2.05, 4.69) is 37.7 Å². The predicted octanol–water partition coefficient (Wildman–Crippen LogP) is 3.69. The minimum absolute atomic E-state index is 0.0757.